The van der Waals surface area contributed by atoms with Crippen LogP contribution in [0.3, 0.4) is 0 Å². The van der Waals surface area contributed by atoms with Gasteiger partial charge in [-0.1, -0.05) is 62.4 Å². The molecule has 0 saturated heterocycles. The Bertz CT molecular complexity index is 1010. The van der Waals surface area contributed by atoms with Crippen LogP contribution in [0.1, 0.15) is 46.8 Å². The highest BCUT2D eigenvalue weighted by Crippen LogP contribution is 2.16. The number of hydrogen-bond acceptors (Lipinski definition) is 3. The summed E-state index contributed by atoms with van der Waals surface area (Å²) in [5.74, 6) is -0.281. The van der Waals surface area contributed by atoms with Gasteiger partial charge in [0.25, 0.3) is 11.8 Å². The summed E-state index contributed by atoms with van der Waals surface area (Å²) >= 11 is 0. The van der Waals surface area contributed by atoms with E-state index in [2.05, 4.69) is 29.5 Å². The Hall–Kier alpha value is -3.73. The predicted octanol–water partition coefficient (Wildman–Crippen LogP) is 4.29. The summed E-state index contributed by atoms with van der Waals surface area (Å²) in [4.78, 5) is 29.5. The molecule has 0 saturated carbocycles. The van der Waals surface area contributed by atoms with E-state index in [4.69, 9.17) is 0 Å². The van der Waals surface area contributed by atoms with E-state index >= 15 is 0 Å². The summed E-state index contributed by atoms with van der Waals surface area (Å²) in [7, 11) is 0. The van der Waals surface area contributed by atoms with Crippen LogP contribution >= 0.6 is 0 Å². The molecule has 3 rings (SSSR count). The average molecular weight is 399 g/mol. The number of nitrogens with zero attached hydrogens (tertiary/aromatic N) is 1. The topological polar surface area (TPSA) is 71.1 Å². The third-order valence-corrected chi connectivity index (χ3v) is 4.62. The van der Waals surface area contributed by atoms with Crippen LogP contribution in [-0.4, -0.2) is 16.8 Å². The molecule has 1 heterocycles. The molecule has 0 aliphatic carbocycles. The zero-order valence-electron chi connectivity index (χ0n) is 17.1. The van der Waals surface area contributed by atoms with Gasteiger partial charge in [-0.2, -0.15) is 0 Å². The minimum absolute atomic E-state index is 0.185. The predicted molar refractivity (Wildman–Crippen MR) is 118 cm³/mol. The Morgan fingerprint density at radius 3 is 2.33 bits per heavy atom. The zero-order valence-corrected chi connectivity index (χ0v) is 17.1. The summed E-state index contributed by atoms with van der Waals surface area (Å²) < 4.78 is 0. The molecule has 152 valence electrons. The maximum Gasteiger partial charge on any atom is 0.268 e. The third kappa shape index (κ3) is 5.88. The highest BCUT2D eigenvalue weighted by Gasteiger charge is 2.14. The number of rotatable bonds is 7. The van der Waals surface area contributed by atoms with Crippen LogP contribution in [0.15, 0.2) is 84.8 Å². The van der Waals surface area contributed by atoms with Crippen molar-refractivity contribution >= 4 is 17.9 Å². The summed E-state index contributed by atoms with van der Waals surface area (Å²) in [6.07, 6.45) is 5.05. The second-order valence-electron chi connectivity index (χ2n) is 7.24. The van der Waals surface area contributed by atoms with Gasteiger partial charge >= 0.3 is 0 Å². The average Bonchev–Trinajstić information content (AvgIpc) is 2.78. The molecule has 5 nitrogen and oxygen atoms in total. The molecule has 2 amide bonds. The molecule has 2 aromatic carbocycles. The van der Waals surface area contributed by atoms with Crippen molar-refractivity contribution in [2.45, 2.75) is 26.3 Å². The Kier molecular flexibility index (Phi) is 7.11. The van der Waals surface area contributed by atoms with Gasteiger partial charge in [-0.25, -0.2) is 0 Å². The Labute approximate surface area is 176 Å². The summed E-state index contributed by atoms with van der Waals surface area (Å²) in [6, 6.07) is 20.4. The fraction of sp³-hybridized carbons (Fsp3) is 0.160. The Morgan fingerprint density at radius 2 is 1.70 bits per heavy atom. The van der Waals surface area contributed by atoms with Crippen LogP contribution in [0.4, 0.5) is 0 Å². The number of nitrogens with one attached hydrogen (secondary N) is 2. The van der Waals surface area contributed by atoms with Crippen molar-refractivity contribution in [3.05, 3.63) is 107 Å². The van der Waals surface area contributed by atoms with E-state index in [0.29, 0.717) is 18.0 Å². The highest BCUT2D eigenvalue weighted by atomic mass is 16.2. The number of aromatic nitrogens is 1. The molecular weight excluding hydrogens is 374 g/mol. The van der Waals surface area contributed by atoms with Gasteiger partial charge in [0.1, 0.15) is 5.70 Å². The first kappa shape index (κ1) is 21.0. The van der Waals surface area contributed by atoms with Gasteiger partial charge < -0.3 is 10.6 Å². The maximum atomic E-state index is 12.8. The first-order chi connectivity index (χ1) is 14.5. The Morgan fingerprint density at radius 1 is 0.967 bits per heavy atom. The first-order valence-corrected chi connectivity index (χ1v) is 9.88. The Balaban J connectivity index is 1.81. The smallest absolute Gasteiger partial charge is 0.268 e. The lowest BCUT2D eigenvalue weighted by Crippen LogP contribution is -2.34. The summed E-state index contributed by atoms with van der Waals surface area (Å²) in [6.45, 7) is 4.57. The van der Waals surface area contributed by atoms with Crippen molar-refractivity contribution in [3.63, 3.8) is 0 Å². The number of benzene rings is 2. The van der Waals surface area contributed by atoms with Gasteiger partial charge in [0.05, 0.1) is 0 Å². The fourth-order valence-corrected chi connectivity index (χ4v) is 2.87. The van der Waals surface area contributed by atoms with Gasteiger partial charge in [-0.15, -0.1) is 0 Å². The van der Waals surface area contributed by atoms with Crippen LogP contribution in [0, 0.1) is 0 Å². The molecule has 0 atom stereocenters. The molecular formula is C25H25N3O2. The number of pyridine rings is 1. The maximum absolute atomic E-state index is 12.8. The van der Waals surface area contributed by atoms with Crippen molar-refractivity contribution in [1.82, 2.24) is 15.6 Å². The number of carbonyl (C=O) groups is 2. The first-order valence-electron chi connectivity index (χ1n) is 9.88. The van der Waals surface area contributed by atoms with E-state index in [0.717, 1.165) is 11.1 Å². The van der Waals surface area contributed by atoms with Crippen molar-refractivity contribution in [3.8, 4) is 0 Å². The molecule has 0 fully saturated rings. The number of amides is 2. The van der Waals surface area contributed by atoms with Gasteiger partial charge in [0.15, 0.2) is 0 Å². The van der Waals surface area contributed by atoms with Crippen molar-refractivity contribution in [2.75, 3.05) is 0 Å². The quantitative estimate of drug-likeness (QED) is 0.582. The lowest BCUT2D eigenvalue weighted by atomic mass is 10.0. The minimum Gasteiger partial charge on any atom is -0.347 e. The molecule has 0 aliphatic heterocycles. The van der Waals surface area contributed by atoms with E-state index in [1.54, 1.807) is 42.7 Å². The van der Waals surface area contributed by atoms with E-state index in [1.165, 1.54) is 5.56 Å². The molecule has 1 aromatic heterocycles. The van der Waals surface area contributed by atoms with Crippen LogP contribution in [0.5, 0.6) is 0 Å². The van der Waals surface area contributed by atoms with Crippen molar-refractivity contribution < 1.29 is 9.59 Å². The monoisotopic (exact) mass is 399 g/mol. The van der Waals surface area contributed by atoms with Crippen molar-refractivity contribution in [1.29, 1.82) is 0 Å². The van der Waals surface area contributed by atoms with Crippen LogP contribution in [0.25, 0.3) is 6.08 Å². The minimum atomic E-state index is -0.365. The fourth-order valence-electron chi connectivity index (χ4n) is 2.87. The van der Waals surface area contributed by atoms with E-state index < -0.39 is 0 Å². The van der Waals surface area contributed by atoms with Crippen molar-refractivity contribution in [2.24, 2.45) is 0 Å². The van der Waals surface area contributed by atoms with Gasteiger partial charge in [0.2, 0.25) is 0 Å². The van der Waals surface area contributed by atoms with Crippen LogP contribution in [-0.2, 0) is 11.3 Å². The largest absolute Gasteiger partial charge is 0.347 e. The number of hydrogen-bond donors (Lipinski definition) is 2. The second-order valence-corrected chi connectivity index (χ2v) is 7.24. The standard InChI is InChI=1S/C25H25N3O2/c1-18(2)21-12-10-19(11-13-21)15-23(28-24(29)22-8-4-3-5-9-22)25(30)27-17-20-7-6-14-26-16-20/h3-16,18H,17H2,1-2H3,(H,27,30)(H,28,29)/b23-15-. The van der Waals surface area contributed by atoms with E-state index in [1.807, 2.05) is 42.5 Å². The molecule has 0 bridgehead atoms. The molecule has 5 heteroatoms. The van der Waals surface area contributed by atoms with Crippen LogP contribution < -0.4 is 10.6 Å². The highest BCUT2D eigenvalue weighted by molar-refractivity contribution is 6.05. The van der Waals surface area contributed by atoms with Gasteiger partial charge in [-0.05, 0) is 46.9 Å². The van der Waals surface area contributed by atoms with E-state index in [-0.39, 0.29) is 17.5 Å². The summed E-state index contributed by atoms with van der Waals surface area (Å²) in [5, 5.41) is 5.59. The van der Waals surface area contributed by atoms with Crippen LogP contribution in [0.2, 0.25) is 0 Å². The molecule has 0 spiro atoms. The second kappa shape index (κ2) is 10.2. The summed E-state index contributed by atoms with van der Waals surface area (Å²) in [5.41, 5.74) is 3.59. The molecule has 0 aliphatic rings. The molecule has 0 unspecified atom stereocenters. The lowest BCUT2D eigenvalue weighted by molar-refractivity contribution is -0.117. The molecule has 0 radical (unpaired) electrons. The molecule has 30 heavy (non-hydrogen) atoms. The molecule has 3 aromatic rings. The third-order valence-electron chi connectivity index (χ3n) is 4.62. The SMILES string of the molecule is CC(C)c1ccc(/C=C(\NC(=O)c2ccccc2)C(=O)NCc2cccnc2)cc1. The lowest BCUT2D eigenvalue weighted by Gasteiger charge is -2.12. The molecule has 2 N–H and O–H groups in total. The number of carbonyl (C=O) groups excluding carboxylic acids is 2. The van der Waals surface area contributed by atoms with Gasteiger partial charge in [-0.3, -0.25) is 14.6 Å². The van der Waals surface area contributed by atoms with E-state index in [9.17, 15) is 9.59 Å². The van der Waals surface area contributed by atoms with Gasteiger partial charge in [0, 0.05) is 24.5 Å². The normalized spacial score (nSPS) is 11.2. The zero-order chi connectivity index (χ0) is 21.3.